The average molecular weight is 280 g/mol. The van der Waals surface area contributed by atoms with E-state index in [2.05, 4.69) is 5.16 Å². The summed E-state index contributed by atoms with van der Waals surface area (Å²) in [7, 11) is 0. The molecule has 1 saturated heterocycles. The molecule has 20 heavy (non-hydrogen) atoms. The summed E-state index contributed by atoms with van der Waals surface area (Å²) < 4.78 is 9.99. The van der Waals surface area contributed by atoms with Gasteiger partial charge in [0.2, 0.25) is 0 Å². The molecular formula is C14H20N2O4. The highest BCUT2D eigenvalue weighted by atomic mass is 16.5. The number of ether oxygens (including phenoxy) is 1. The number of carbonyl (C=O) groups excluding carboxylic acids is 2. The van der Waals surface area contributed by atoms with Gasteiger partial charge in [-0.2, -0.15) is 0 Å². The minimum atomic E-state index is -0.556. The van der Waals surface area contributed by atoms with E-state index in [0.717, 1.165) is 25.8 Å². The van der Waals surface area contributed by atoms with Crippen LogP contribution >= 0.6 is 0 Å². The van der Waals surface area contributed by atoms with Crippen LogP contribution in [0.5, 0.6) is 0 Å². The molecule has 1 amide bonds. The fourth-order valence-electron chi connectivity index (χ4n) is 2.53. The van der Waals surface area contributed by atoms with Crippen molar-refractivity contribution in [1.82, 2.24) is 10.1 Å². The van der Waals surface area contributed by atoms with Crippen LogP contribution in [0.25, 0.3) is 0 Å². The van der Waals surface area contributed by atoms with Gasteiger partial charge in [-0.05, 0) is 40.0 Å². The average Bonchev–Trinajstić information content (AvgIpc) is 2.76. The predicted molar refractivity (Wildman–Crippen MR) is 71.3 cm³/mol. The first-order valence-corrected chi connectivity index (χ1v) is 6.90. The van der Waals surface area contributed by atoms with Gasteiger partial charge in [-0.1, -0.05) is 5.16 Å². The summed E-state index contributed by atoms with van der Waals surface area (Å²) in [5, 5.41) is 3.70. The Bertz CT molecular complexity index is 490. The van der Waals surface area contributed by atoms with Gasteiger partial charge in [-0.3, -0.25) is 4.79 Å². The summed E-state index contributed by atoms with van der Waals surface area (Å²) in [6.07, 6.45) is 3.15. The van der Waals surface area contributed by atoms with E-state index < -0.39 is 5.97 Å². The van der Waals surface area contributed by atoms with E-state index in [1.807, 2.05) is 6.92 Å². The zero-order valence-electron chi connectivity index (χ0n) is 12.1. The van der Waals surface area contributed by atoms with Crippen LogP contribution in [0.3, 0.4) is 0 Å². The molecule has 110 valence electrons. The lowest BCUT2D eigenvalue weighted by molar-refractivity contribution is -0.137. The summed E-state index contributed by atoms with van der Waals surface area (Å²) in [5.74, 6) is -0.289. The molecule has 1 aromatic rings. The predicted octanol–water partition coefficient (Wildman–Crippen LogP) is 1.85. The summed E-state index contributed by atoms with van der Waals surface area (Å²) >= 11 is 0. The molecule has 0 N–H and O–H groups in total. The van der Waals surface area contributed by atoms with Crippen LogP contribution in [0, 0.1) is 13.8 Å². The third-order valence-electron chi connectivity index (χ3n) is 3.69. The first kappa shape index (κ1) is 14.6. The Morgan fingerprint density at radius 3 is 2.75 bits per heavy atom. The van der Waals surface area contributed by atoms with Crippen molar-refractivity contribution in [3.63, 3.8) is 0 Å². The molecular weight excluding hydrogens is 260 g/mol. The number of aromatic nitrogens is 1. The van der Waals surface area contributed by atoms with Crippen molar-refractivity contribution in [2.24, 2.45) is 0 Å². The minimum Gasteiger partial charge on any atom is -0.452 e. The quantitative estimate of drug-likeness (QED) is 0.790. The Balaban J connectivity index is 1.92. The van der Waals surface area contributed by atoms with Gasteiger partial charge < -0.3 is 14.2 Å². The molecule has 1 aromatic heterocycles. The normalized spacial score (nSPS) is 18.9. The monoisotopic (exact) mass is 280 g/mol. The molecule has 1 aliphatic heterocycles. The Morgan fingerprint density at radius 2 is 2.15 bits per heavy atom. The number of aryl methyl sites for hydroxylation is 2. The second-order valence-electron chi connectivity index (χ2n) is 5.21. The number of likely N-dealkylation sites (tertiary alicyclic amines) is 1. The number of nitrogens with zero attached hydrogens (tertiary/aromatic N) is 2. The highest BCUT2D eigenvalue weighted by Gasteiger charge is 2.25. The number of hydrogen-bond donors (Lipinski definition) is 0. The van der Waals surface area contributed by atoms with Crippen LogP contribution in [0.15, 0.2) is 4.52 Å². The van der Waals surface area contributed by atoms with Gasteiger partial charge in [0.1, 0.15) is 11.3 Å². The maximum Gasteiger partial charge on any atom is 0.344 e. The van der Waals surface area contributed by atoms with E-state index in [4.69, 9.17) is 9.26 Å². The molecule has 2 rings (SSSR count). The van der Waals surface area contributed by atoms with Gasteiger partial charge in [0.25, 0.3) is 5.91 Å². The Hall–Kier alpha value is -1.85. The Morgan fingerprint density at radius 1 is 1.40 bits per heavy atom. The highest BCUT2D eigenvalue weighted by Crippen LogP contribution is 2.17. The number of piperidine rings is 1. The van der Waals surface area contributed by atoms with Crippen molar-refractivity contribution < 1.29 is 18.8 Å². The summed E-state index contributed by atoms with van der Waals surface area (Å²) in [5.41, 5.74) is 0.788. The van der Waals surface area contributed by atoms with Gasteiger partial charge >= 0.3 is 5.97 Å². The Labute approximate surface area is 118 Å². The lowest BCUT2D eigenvalue weighted by atomic mass is 10.0. The van der Waals surface area contributed by atoms with Gasteiger partial charge in [-0.15, -0.1) is 0 Å². The lowest BCUT2D eigenvalue weighted by Gasteiger charge is -2.33. The van der Waals surface area contributed by atoms with Gasteiger partial charge in [-0.25, -0.2) is 4.79 Å². The van der Waals surface area contributed by atoms with E-state index in [9.17, 15) is 9.59 Å². The van der Waals surface area contributed by atoms with Gasteiger partial charge in [0, 0.05) is 12.6 Å². The number of hydrogen-bond acceptors (Lipinski definition) is 5. The highest BCUT2D eigenvalue weighted by molar-refractivity contribution is 5.93. The third kappa shape index (κ3) is 3.00. The minimum absolute atomic E-state index is 0.141. The SMILES string of the molecule is Cc1noc(C)c1C(=O)OCC(=O)N1CCCC[C@H]1C. The molecule has 1 atom stereocenters. The smallest absolute Gasteiger partial charge is 0.344 e. The van der Waals surface area contributed by atoms with Crippen LogP contribution in [0.4, 0.5) is 0 Å². The molecule has 1 fully saturated rings. The van der Waals surface area contributed by atoms with Crippen LogP contribution < -0.4 is 0 Å². The van der Waals surface area contributed by atoms with E-state index >= 15 is 0 Å². The van der Waals surface area contributed by atoms with E-state index in [0.29, 0.717) is 17.0 Å². The van der Waals surface area contributed by atoms with Crippen LogP contribution in [-0.2, 0) is 9.53 Å². The van der Waals surface area contributed by atoms with Crippen molar-refractivity contribution in [3.8, 4) is 0 Å². The molecule has 6 heteroatoms. The fraction of sp³-hybridized carbons (Fsp3) is 0.643. The second kappa shape index (κ2) is 6.07. The number of amides is 1. The number of rotatable bonds is 3. The largest absolute Gasteiger partial charge is 0.452 e. The Kier molecular flexibility index (Phi) is 4.42. The topological polar surface area (TPSA) is 72.6 Å². The summed E-state index contributed by atoms with van der Waals surface area (Å²) in [4.78, 5) is 25.8. The third-order valence-corrected chi connectivity index (χ3v) is 3.69. The van der Waals surface area contributed by atoms with Crippen molar-refractivity contribution in [1.29, 1.82) is 0 Å². The molecule has 0 unspecified atom stereocenters. The molecule has 0 aliphatic carbocycles. The van der Waals surface area contributed by atoms with E-state index in [-0.39, 0.29) is 18.6 Å². The molecule has 0 radical (unpaired) electrons. The van der Waals surface area contributed by atoms with Crippen molar-refractivity contribution in [2.45, 2.75) is 46.1 Å². The van der Waals surface area contributed by atoms with Gasteiger partial charge in [0.05, 0.1) is 5.69 Å². The molecule has 0 bridgehead atoms. The molecule has 2 heterocycles. The molecule has 0 saturated carbocycles. The van der Waals surface area contributed by atoms with Crippen LogP contribution in [0.1, 0.15) is 48.0 Å². The first-order valence-electron chi connectivity index (χ1n) is 6.90. The van der Waals surface area contributed by atoms with Gasteiger partial charge in [0.15, 0.2) is 6.61 Å². The standard InChI is InChI=1S/C14H20N2O4/c1-9-6-4-5-7-16(9)12(17)8-19-14(18)13-10(2)15-20-11(13)3/h9H,4-8H2,1-3H3/t9-/m1/s1. The summed E-state index contributed by atoms with van der Waals surface area (Å²) in [6.45, 7) is 5.84. The number of carbonyl (C=O) groups is 2. The fourth-order valence-corrected chi connectivity index (χ4v) is 2.53. The summed E-state index contributed by atoms with van der Waals surface area (Å²) in [6, 6.07) is 0.217. The van der Waals surface area contributed by atoms with Crippen molar-refractivity contribution in [2.75, 3.05) is 13.2 Å². The maximum atomic E-state index is 12.1. The number of esters is 1. The van der Waals surface area contributed by atoms with Crippen molar-refractivity contribution in [3.05, 3.63) is 17.0 Å². The van der Waals surface area contributed by atoms with Crippen molar-refractivity contribution >= 4 is 11.9 Å². The van der Waals surface area contributed by atoms with Crippen LogP contribution in [0.2, 0.25) is 0 Å². The maximum absolute atomic E-state index is 12.1. The lowest BCUT2D eigenvalue weighted by Crippen LogP contribution is -2.44. The van der Waals surface area contributed by atoms with Crippen LogP contribution in [-0.4, -0.2) is 41.1 Å². The molecule has 6 nitrogen and oxygen atoms in total. The van der Waals surface area contributed by atoms with E-state index in [1.165, 1.54) is 0 Å². The zero-order chi connectivity index (χ0) is 14.7. The molecule has 0 aromatic carbocycles. The van der Waals surface area contributed by atoms with E-state index in [1.54, 1.807) is 18.7 Å². The zero-order valence-corrected chi connectivity index (χ0v) is 12.1. The molecule has 0 spiro atoms. The second-order valence-corrected chi connectivity index (χ2v) is 5.21. The first-order chi connectivity index (χ1) is 9.50. The molecule has 1 aliphatic rings.